The fourth-order valence-corrected chi connectivity index (χ4v) is 3.52. The number of oxazole rings is 1. The van der Waals surface area contributed by atoms with Gasteiger partial charge < -0.3 is 13.9 Å². The van der Waals surface area contributed by atoms with Gasteiger partial charge in [-0.15, -0.1) is 0 Å². The Kier molecular flexibility index (Phi) is 6.94. The normalized spacial score (nSPS) is 12.2. The van der Waals surface area contributed by atoms with E-state index in [4.69, 9.17) is 25.5 Å². The van der Waals surface area contributed by atoms with Crippen molar-refractivity contribution in [1.29, 1.82) is 5.26 Å². The Morgan fingerprint density at radius 2 is 2.03 bits per heavy atom. The van der Waals surface area contributed by atoms with Crippen LogP contribution in [-0.2, 0) is 16.0 Å². The predicted octanol–water partition coefficient (Wildman–Crippen LogP) is 4.47. The first-order valence-corrected chi connectivity index (χ1v) is 10.5. The minimum absolute atomic E-state index is 0.0786. The number of aryl methyl sites for hydroxylation is 1. The number of methoxy groups -OCH3 is 1. The van der Waals surface area contributed by atoms with E-state index in [1.54, 1.807) is 45.9 Å². The van der Waals surface area contributed by atoms with Gasteiger partial charge in [0.1, 0.15) is 23.7 Å². The number of rotatable bonds is 6. The van der Waals surface area contributed by atoms with Crippen LogP contribution in [-0.4, -0.2) is 28.2 Å². The molecule has 0 bridgehead atoms. The van der Waals surface area contributed by atoms with Gasteiger partial charge in [0.15, 0.2) is 5.89 Å². The van der Waals surface area contributed by atoms with Crippen molar-refractivity contribution in [2.45, 2.75) is 45.8 Å². The number of hydrogen-bond acceptors (Lipinski definition) is 7. The first-order chi connectivity index (χ1) is 15.5. The summed E-state index contributed by atoms with van der Waals surface area (Å²) >= 11 is 6.13. The number of carbonyl (C=O) groups is 1. The van der Waals surface area contributed by atoms with E-state index in [0.717, 1.165) is 0 Å². The maximum absolute atomic E-state index is 13.2. The molecular formula is C24H24ClN3O5. The number of halogens is 1. The summed E-state index contributed by atoms with van der Waals surface area (Å²) in [5.41, 5.74) is 0.429. The van der Waals surface area contributed by atoms with E-state index in [-0.39, 0.29) is 6.42 Å². The molecular weight excluding hydrogens is 446 g/mol. The van der Waals surface area contributed by atoms with Crippen LogP contribution in [0.2, 0.25) is 5.02 Å². The van der Waals surface area contributed by atoms with Gasteiger partial charge in [0.05, 0.1) is 30.6 Å². The van der Waals surface area contributed by atoms with Gasteiger partial charge in [-0.2, -0.15) is 5.26 Å². The number of hydrogen-bond donors (Lipinski definition) is 0. The number of carbonyl (C=O) groups excluding carboxylic acids is 1. The highest BCUT2D eigenvalue weighted by atomic mass is 35.5. The zero-order valence-corrected chi connectivity index (χ0v) is 19.8. The lowest BCUT2D eigenvalue weighted by atomic mass is 10.00. The highest BCUT2D eigenvalue weighted by molar-refractivity contribution is 6.31. The molecule has 8 nitrogen and oxygen atoms in total. The van der Waals surface area contributed by atoms with Crippen molar-refractivity contribution < 1.29 is 18.7 Å². The number of nitrogens with zero attached hydrogens (tertiary/aromatic N) is 3. The Hall–Kier alpha value is -3.57. The topological polar surface area (TPSA) is 107 Å². The average molecular weight is 470 g/mol. The summed E-state index contributed by atoms with van der Waals surface area (Å²) in [4.78, 5) is 30.5. The standard InChI is InChI=1S/C24H24ClN3O5/c1-14-27-17(13-32-14)9-20(23(30)33-24(2,3)4)28-12-21(31-5)19(10-22(28)29)18-8-16(25)7-6-15(18)11-26/h6-8,10,12-13,20H,9H2,1-5H3. The SMILES string of the molecule is COc1cn(C(Cc2coc(C)n2)C(=O)OC(C)(C)C)c(=O)cc1-c1cc(Cl)ccc1C#N. The molecule has 9 heteroatoms. The van der Waals surface area contributed by atoms with Gasteiger partial charge in [-0.25, -0.2) is 9.78 Å². The van der Waals surface area contributed by atoms with Gasteiger partial charge in [0.2, 0.25) is 0 Å². The number of benzene rings is 1. The lowest BCUT2D eigenvalue weighted by molar-refractivity contribution is -0.159. The van der Waals surface area contributed by atoms with Gasteiger partial charge in [0, 0.05) is 35.6 Å². The summed E-state index contributed by atoms with van der Waals surface area (Å²) in [5.74, 6) is 0.136. The smallest absolute Gasteiger partial charge is 0.330 e. The molecule has 33 heavy (non-hydrogen) atoms. The molecule has 0 radical (unpaired) electrons. The van der Waals surface area contributed by atoms with Crippen molar-refractivity contribution in [3.05, 3.63) is 69.3 Å². The Morgan fingerprint density at radius 1 is 1.30 bits per heavy atom. The molecule has 0 saturated heterocycles. The highest BCUT2D eigenvalue weighted by Crippen LogP contribution is 2.33. The molecule has 1 aromatic carbocycles. The van der Waals surface area contributed by atoms with Crippen molar-refractivity contribution in [1.82, 2.24) is 9.55 Å². The Balaban J connectivity index is 2.15. The molecule has 0 aliphatic heterocycles. The third-order valence-corrected chi connectivity index (χ3v) is 4.98. The summed E-state index contributed by atoms with van der Waals surface area (Å²) < 4.78 is 17.6. The number of esters is 1. The van der Waals surface area contributed by atoms with Crippen LogP contribution in [0.1, 0.15) is 44.0 Å². The van der Waals surface area contributed by atoms with Crippen LogP contribution in [0.4, 0.5) is 0 Å². The molecule has 3 aromatic rings. The molecule has 172 valence electrons. The van der Waals surface area contributed by atoms with Crippen molar-refractivity contribution in [2.75, 3.05) is 7.11 Å². The van der Waals surface area contributed by atoms with Crippen LogP contribution in [0.25, 0.3) is 11.1 Å². The Labute approximate surface area is 196 Å². The van der Waals surface area contributed by atoms with Crippen LogP contribution in [0.3, 0.4) is 0 Å². The summed E-state index contributed by atoms with van der Waals surface area (Å²) in [7, 11) is 1.44. The van der Waals surface area contributed by atoms with E-state index in [1.165, 1.54) is 30.2 Å². The molecule has 0 aliphatic rings. The maximum atomic E-state index is 13.2. The van der Waals surface area contributed by atoms with Gasteiger partial charge >= 0.3 is 5.97 Å². The highest BCUT2D eigenvalue weighted by Gasteiger charge is 2.30. The molecule has 0 amide bonds. The largest absolute Gasteiger partial charge is 0.495 e. The van der Waals surface area contributed by atoms with E-state index < -0.39 is 23.2 Å². The second-order valence-electron chi connectivity index (χ2n) is 8.41. The number of pyridine rings is 1. The average Bonchev–Trinajstić information content (AvgIpc) is 3.15. The van der Waals surface area contributed by atoms with Gasteiger partial charge in [-0.05, 0) is 39.0 Å². The van der Waals surface area contributed by atoms with Crippen molar-refractivity contribution >= 4 is 17.6 Å². The Bertz CT molecular complexity index is 1280. The number of ether oxygens (including phenoxy) is 2. The maximum Gasteiger partial charge on any atom is 0.330 e. The van der Waals surface area contributed by atoms with E-state index in [2.05, 4.69) is 11.1 Å². The van der Waals surface area contributed by atoms with E-state index >= 15 is 0 Å². The third-order valence-electron chi connectivity index (χ3n) is 4.74. The summed E-state index contributed by atoms with van der Waals surface area (Å²) in [6.45, 7) is 6.93. The second kappa shape index (κ2) is 9.51. The summed E-state index contributed by atoms with van der Waals surface area (Å²) in [6.07, 6.45) is 2.95. The lowest BCUT2D eigenvalue weighted by Gasteiger charge is -2.25. The molecule has 2 heterocycles. The van der Waals surface area contributed by atoms with Crippen LogP contribution >= 0.6 is 11.6 Å². The van der Waals surface area contributed by atoms with Gasteiger partial charge in [0.25, 0.3) is 5.56 Å². The molecule has 1 unspecified atom stereocenters. The van der Waals surface area contributed by atoms with Crippen LogP contribution in [0, 0.1) is 18.3 Å². The second-order valence-corrected chi connectivity index (χ2v) is 8.85. The lowest BCUT2D eigenvalue weighted by Crippen LogP contribution is -2.36. The van der Waals surface area contributed by atoms with E-state index in [0.29, 0.717) is 39.0 Å². The van der Waals surface area contributed by atoms with Crippen molar-refractivity contribution in [2.24, 2.45) is 0 Å². The molecule has 0 aliphatic carbocycles. The zero-order valence-electron chi connectivity index (χ0n) is 19.0. The third kappa shape index (κ3) is 5.62. The molecule has 0 spiro atoms. The van der Waals surface area contributed by atoms with Crippen molar-refractivity contribution in [3.8, 4) is 22.9 Å². The monoisotopic (exact) mass is 469 g/mol. The minimum atomic E-state index is -1.01. The molecule has 2 aromatic heterocycles. The van der Waals surface area contributed by atoms with Gasteiger partial charge in [-0.1, -0.05) is 11.6 Å². The van der Waals surface area contributed by atoms with Crippen LogP contribution in [0.5, 0.6) is 5.75 Å². The molecule has 3 rings (SSSR count). The molecule has 0 fully saturated rings. The number of nitriles is 1. The zero-order chi connectivity index (χ0) is 24.3. The van der Waals surface area contributed by atoms with Gasteiger partial charge in [-0.3, -0.25) is 9.36 Å². The molecule has 1 atom stereocenters. The first-order valence-electron chi connectivity index (χ1n) is 10.2. The predicted molar refractivity (Wildman–Crippen MR) is 122 cm³/mol. The van der Waals surface area contributed by atoms with Crippen molar-refractivity contribution in [3.63, 3.8) is 0 Å². The first kappa shape index (κ1) is 24.1. The summed E-state index contributed by atoms with van der Waals surface area (Å²) in [6, 6.07) is 7.14. The van der Waals surface area contributed by atoms with Crippen LogP contribution < -0.4 is 10.3 Å². The number of aromatic nitrogens is 2. The fourth-order valence-electron chi connectivity index (χ4n) is 3.35. The van der Waals surface area contributed by atoms with Crippen LogP contribution in [0.15, 0.2) is 45.9 Å². The quantitative estimate of drug-likeness (QED) is 0.490. The van der Waals surface area contributed by atoms with E-state index in [9.17, 15) is 14.9 Å². The summed E-state index contributed by atoms with van der Waals surface area (Å²) in [5, 5.41) is 9.90. The fraction of sp³-hybridized carbons (Fsp3) is 0.333. The molecule has 0 N–H and O–H groups in total. The molecule has 0 saturated carbocycles. The Morgan fingerprint density at radius 3 is 2.61 bits per heavy atom. The minimum Gasteiger partial charge on any atom is -0.495 e. The van der Waals surface area contributed by atoms with E-state index in [1.807, 2.05) is 0 Å².